The third-order valence-electron chi connectivity index (χ3n) is 5.14. The van der Waals surface area contributed by atoms with Crippen molar-refractivity contribution in [3.8, 4) is 0 Å². The van der Waals surface area contributed by atoms with Gasteiger partial charge in [0.15, 0.2) is 0 Å². The van der Waals surface area contributed by atoms with E-state index in [-0.39, 0.29) is 17.1 Å². The predicted molar refractivity (Wildman–Crippen MR) is 106 cm³/mol. The van der Waals surface area contributed by atoms with E-state index in [2.05, 4.69) is 10.3 Å². The van der Waals surface area contributed by atoms with Gasteiger partial charge >= 0.3 is 0 Å². The number of hydrogen-bond acceptors (Lipinski definition) is 6. The molecule has 7 heteroatoms. The van der Waals surface area contributed by atoms with Gasteiger partial charge in [0.25, 0.3) is 5.69 Å². The molecule has 1 aromatic heterocycles. The normalized spacial score (nSPS) is 25.4. The second kappa shape index (κ2) is 8.34. The molecule has 3 rings (SSSR count). The molecule has 2 aromatic rings. The first-order chi connectivity index (χ1) is 13.3. The van der Waals surface area contributed by atoms with Gasteiger partial charge in [0.1, 0.15) is 6.20 Å². The van der Waals surface area contributed by atoms with Crippen LogP contribution in [0.1, 0.15) is 44.4 Å². The number of benzene rings is 1. The molecule has 0 unspecified atom stereocenters. The minimum atomic E-state index is -0.721. The van der Waals surface area contributed by atoms with Crippen molar-refractivity contribution in [2.45, 2.75) is 58.1 Å². The number of nitrogens with zero attached hydrogens (tertiary/aromatic N) is 2. The molecule has 2 N–H and O–H groups in total. The topological polar surface area (TPSA) is 97.5 Å². The Morgan fingerprint density at radius 3 is 2.64 bits per heavy atom. The summed E-state index contributed by atoms with van der Waals surface area (Å²) in [5.74, 6) is 0. The summed E-state index contributed by atoms with van der Waals surface area (Å²) >= 11 is 0. The lowest BCUT2D eigenvalue weighted by molar-refractivity contribution is -0.386. The molecule has 0 spiro atoms. The van der Waals surface area contributed by atoms with E-state index in [1.807, 2.05) is 51.1 Å². The number of aliphatic hydroxyl groups is 1. The quantitative estimate of drug-likeness (QED) is 0.605. The van der Waals surface area contributed by atoms with Gasteiger partial charge in [-0.05, 0) is 23.5 Å². The molecule has 0 amide bonds. The zero-order chi connectivity index (χ0) is 20.3. The fraction of sp³-hybridized carbons (Fsp3) is 0.476. The van der Waals surface area contributed by atoms with E-state index in [0.29, 0.717) is 18.5 Å². The van der Waals surface area contributed by atoms with E-state index in [0.717, 1.165) is 5.56 Å². The van der Waals surface area contributed by atoms with Crippen LogP contribution in [0.5, 0.6) is 0 Å². The maximum absolute atomic E-state index is 11.4. The fourth-order valence-electron chi connectivity index (χ4n) is 3.68. The number of aromatic nitrogens is 1. The smallest absolute Gasteiger partial charge is 0.293 e. The lowest BCUT2D eigenvalue weighted by Gasteiger charge is -2.45. The lowest BCUT2D eigenvalue weighted by Crippen LogP contribution is -2.56. The minimum Gasteiger partial charge on any atom is -0.389 e. The average Bonchev–Trinajstić information content (AvgIpc) is 2.67. The van der Waals surface area contributed by atoms with Crippen molar-refractivity contribution in [1.29, 1.82) is 0 Å². The van der Waals surface area contributed by atoms with Crippen LogP contribution in [0, 0.1) is 15.5 Å². The number of nitro groups is 1. The van der Waals surface area contributed by atoms with Crippen molar-refractivity contribution in [3.63, 3.8) is 0 Å². The summed E-state index contributed by atoms with van der Waals surface area (Å²) in [7, 11) is 0. The van der Waals surface area contributed by atoms with E-state index < -0.39 is 23.2 Å². The number of pyridine rings is 1. The van der Waals surface area contributed by atoms with Crippen molar-refractivity contribution in [3.05, 3.63) is 70.0 Å². The Labute approximate surface area is 164 Å². The monoisotopic (exact) mass is 385 g/mol. The SMILES string of the molecule is CC(C)(C)[C@H]1O[C@@H](c2ccncc2[N+](=O)[O-])C[C@H](NCc2ccccc2)[C@@H]1O. The minimum absolute atomic E-state index is 0.0571. The van der Waals surface area contributed by atoms with Crippen LogP contribution < -0.4 is 5.32 Å². The van der Waals surface area contributed by atoms with Crippen LogP contribution in [0.3, 0.4) is 0 Å². The van der Waals surface area contributed by atoms with E-state index >= 15 is 0 Å². The van der Waals surface area contributed by atoms with Crippen LogP contribution in [-0.4, -0.2) is 33.3 Å². The van der Waals surface area contributed by atoms with Crippen LogP contribution in [-0.2, 0) is 11.3 Å². The molecular formula is C21H27N3O4. The van der Waals surface area contributed by atoms with Crippen LogP contribution >= 0.6 is 0 Å². The summed E-state index contributed by atoms with van der Waals surface area (Å²) in [6.45, 7) is 6.60. The van der Waals surface area contributed by atoms with Gasteiger partial charge in [-0.3, -0.25) is 15.1 Å². The van der Waals surface area contributed by atoms with Crippen LogP contribution in [0.4, 0.5) is 5.69 Å². The zero-order valence-electron chi connectivity index (χ0n) is 16.4. The van der Waals surface area contributed by atoms with Gasteiger partial charge in [-0.15, -0.1) is 0 Å². The highest BCUT2D eigenvalue weighted by Gasteiger charge is 2.44. The largest absolute Gasteiger partial charge is 0.389 e. The molecule has 1 fully saturated rings. The van der Waals surface area contributed by atoms with Gasteiger partial charge in [-0.2, -0.15) is 0 Å². The highest BCUT2D eigenvalue weighted by atomic mass is 16.6. The van der Waals surface area contributed by atoms with E-state index in [4.69, 9.17) is 4.74 Å². The number of ether oxygens (including phenoxy) is 1. The van der Waals surface area contributed by atoms with Gasteiger partial charge in [-0.1, -0.05) is 51.1 Å². The highest BCUT2D eigenvalue weighted by molar-refractivity contribution is 5.39. The van der Waals surface area contributed by atoms with Gasteiger partial charge in [0, 0.05) is 18.8 Å². The van der Waals surface area contributed by atoms with Gasteiger partial charge in [-0.25, -0.2) is 0 Å². The van der Waals surface area contributed by atoms with E-state index in [1.54, 1.807) is 6.07 Å². The van der Waals surface area contributed by atoms with E-state index in [1.165, 1.54) is 12.4 Å². The van der Waals surface area contributed by atoms with Gasteiger partial charge < -0.3 is 15.2 Å². The first-order valence-corrected chi connectivity index (χ1v) is 9.46. The van der Waals surface area contributed by atoms with Crippen LogP contribution in [0.15, 0.2) is 48.8 Å². The first-order valence-electron chi connectivity index (χ1n) is 9.46. The molecule has 0 radical (unpaired) electrons. The molecule has 4 atom stereocenters. The van der Waals surface area contributed by atoms with Crippen LogP contribution in [0.25, 0.3) is 0 Å². The standard InChI is InChI=1S/C21H27N3O4/c1-21(2,3)20-19(25)16(23-12-14-7-5-4-6-8-14)11-18(28-20)15-9-10-22-13-17(15)24(26)27/h4-10,13,16,18-20,23,25H,11-12H2,1-3H3/t16-,18+,19-,20-/m0/s1. The zero-order valence-corrected chi connectivity index (χ0v) is 16.4. The van der Waals surface area contributed by atoms with Crippen molar-refractivity contribution in [2.24, 2.45) is 5.41 Å². The van der Waals surface area contributed by atoms with Gasteiger partial charge in [0.05, 0.1) is 28.8 Å². The molecule has 1 saturated heterocycles. The third-order valence-corrected chi connectivity index (χ3v) is 5.14. The molecule has 1 aliphatic rings. The molecule has 2 heterocycles. The van der Waals surface area contributed by atoms with E-state index in [9.17, 15) is 15.2 Å². The summed E-state index contributed by atoms with van der Waals surface area (Å²) in [5.41, 5.74) is 1.22. The Kier molecular flexibility index (Phi) is 6.07. The Balaban J connectivity index is 1.86. The summed E-state index contributed by atoms with van der Waals surface area (Å²) in [5, 5.41) is 25.8. The fourth-order valence-corrected chi connectivity index (χ4v) is 3.68. The molecule has 28 heavy (non-hydrogen) atoms. The maximum Gasteiger partial charge on any atom is 0.293 e. The lowest BCUT2D eigenvalue weighted by atomic mass is 9.79. The second-order valence-corrected chi connectivity index (χ2v) is 8.30. The van der Waals surface area contributed by atoms with Crippen molar-refractivity contribution in [1.82, 2.24) is 10.3 Å². The Hall–Kier alpha value is -2.35. The molecule has 7 nitrogen and oxygen atoms in total. The molecule has 150 valence electrons. The Bertz CT molecular complexity index is 807. The number of hydrogen-bond donors (Lipinski definition) is 2. The highest BCUT2D eigenvalue weighted by Crippen LogP contribution is 2.41. The summed E-state index contributed by atoms with van der Waals surface area (Å²) in [4.78, 5) is 14.9. The maximum atomic E-state index is 11.4. The van der Waals surface area contributed by atoms with Crippen molar-refractivity contribution < 1.29 is 14.8 Å². The average molecular weight is 385 g/mol. The van der Waals surface area contributed by atoms with Crippen molar-refractivity contribution in [2.75, 3.05) is 0 Å². The number of nitrogens with one attached hydrogen (secondary N) is 1. The number of rotatable bonds is 5. The Morgan fingerprint density at radius 2 is 2.00 bits per heavy atom. The number of aliphatic hydroxyl groups excluding tert-OH is 1. The molecule has 0 bridgehead atoms. The first kappa shape index (κ1) is 20.4. The molecular weight excluding hydrogens is 358 g/mol. The summed E-state index contributed by atoms with van der Waals surface area (Å²) < 4.78 is 6.20. The van der Waals surface area contributed by atoms with Crippen molar-refractivity contribution >= 4 is 5.69 Å². The Morgan fingerprint density at radius 1 is 1.29 bits per heavy atom. The third kappa shape index (κ3) is 4.55. The molecule has 1 aliphatic heterocycles. The predicted octanol–water partition coefficient (Wildman–Crippen LogP) is 3.39. The molecule has 1 aromatic carbocycles. The summed E-state index contributed by atoms with van der Waals surface area (Å²) in [6.07, 6.45) is 1.54. The summed E-state index contributed by atoms with van der Waals surface area (Å²) in [6, 6.07) is 11.3. The van der Waals surface area contributed by atoms with Gasteiger partial charge in [0.2, 0.25) is 0 Å². The second-order valence-electron chi connectivity index (χ2n) is 8.30. The molecule has 0 aliphatic carbocycles. The molecule has 0 saturated carbocycles. The van der Waals surface area contributed by atoms with Crippen LogP contribution in [0.2, 0.25) is 0 Å².